The number of halogens is 3. The summed E-state index contributed by atoms with van der Waals surface area (Å²) in [6.45, 7) is 0. The fourth-order valence-corrected chi connectivity index (χ4v) is 2.56. The molecule has 0 aliphatic carbocycles. The fourth-order valence-electron chi connectivity index (χ4n) is 2.56. The van der Waals surface area contributed by atoms with Crippen molar-refractivity contribution >= 4 is 27.5 Å². The zero-order valence-electron chi connectivity index (χ0n) is 11.6. The lowest BCUT2D eigenvalue weighted by atomic mass is 9.95. The van der Waals surface area contributed by atoms with E-state index in [1.54, 1.807) is 24.3 Å². The zero-order chi connectivity index (χ0) is 15.9. The lowest BCUT2D eigenvalue weighted by Crippen LogP contribution is -2.07. The summed E-state index contributed by atoms with van der Waals surface area (Å²) in [7, 11) is 1.21. The van der Waals surface area contributed by atoms with Crippen molar-refractivity contribution in [1.29, 1.82) is 0 Å². The molecule has 0 aromatic heterocycles. The Hall–Kier alpha value is -2.56. The number of carbonyl (C=O) groups is 1. The smallest absolute Gasteiger partial charge is 0.416 e. The molecule has 3 rings (SSSR count). The molecule has 3 aromatic rings. The highest BCUT2D eigenvalue weighted by Gasteiger charge is 2.31. The molecule has 0 saturated carbocycles. The van der Waals surface area contributed by atoms with Crippen molar-refractivity contribution in [1.82, 2.24) is 0 Å². The monoisotopic (exact) mass is 304 g/mol. The Morgan fingerprint density at radius 1 is 0.955 bits per heavy atom. The second kappa shape index (κ2) is 5.02. The Bertz CT molecular complexity index is 882. The number of carbonyl (C=O) groups excluding carboxylic acids is 1. The second-order valence-electron chi connectivity index (χ2n) is 4.89. The number of hydrogen-bond donors (Lipinski definition) is 0. The molecule has 22 heavy (non-hydrogen) atoms. The summed E-state index contributed by atoms with van der Waals surface area (Å²) in [4.78, 5) is 11.9. The van der Waals surface area contributed by atoms with Crippen molar-refractivity contribution in [2.75, 3.05) is 7.11 Å². The molecule has 0 radical (unpaired) electrons. The summed E-state index contributed by atoms with van der Waals surface area (Å²) in [5.74, 6) is -0.657. The lowest BCUT2D eigenvalue weighted by molar-refractivity contribution is -0.137. The topological polar surface area (TPSA) is 26.3 Å². The van der Waals surface area contributed by atoms with Crippen LogP contribution in [0.2, 0.25) is 0 Å². The molecule has 112 valence electrons. The standard InChI is InChI=1S/C17H11F3O2/c1-22-16(21)15-8-10-4-2-3-5-12(10)13-7-6-11(9-14(13)15)17(18,19)20/h2-9H,1H3. The number of fused-ring (bicyclic) bond motifs is 3. The first-order valence-corrected chi connectivity index (χ1v) is 6.53. The van der Waals surface area contributed by atoms with Crippen molar-refractivity contribution in [3.8, 4) is 0 Å². The molecule has 2 nitrogen and oxygen atoms in total. The Kier molecular flexibility index (Phi) is 3.28. The molecule has 0 fully saturated rings. The molecule has 0 aliphatic rings. The highest BCUT2D eigenvalue weighted by Crippen LogP contribution is 2.35. The molecule has 0 N–H and O–H groups in total. The van der Waals surface area contributed by atoms with Crippen molar-refractivity contribution in [3.63, 3.8) is 0 Å². The third kappa shape index (κ3) is 2.28. The highest BCUT2D eigenvalue weighted by atomic mass is 19.4. The van der Waals surface area contributed by atoms with Crippen LogP contribution in [-0.4, -0.2) is 13.1 Å². The number of esters is 1. The first-order valence-electron chi connectivity index (χ1n) is 6.53. The van der Waals surface area contributed by atoms with Crippen molar-refractivity contribution in [2.24, 2.45) is 0 Å². The fraction of sp³-hybridized carbons (Fsp3) is 0.118. The van der Waals surface area contributed by atoms with Crippen LogP contribution in [0.15, 0.2) is 48.5 Å². The minimum Gasteiger partial charge on any atom is -0.465 e. The highest BCUT2D eigenvalue weighted by molar-refractivity contribution is 6.16. The second-order valence-corrected chi connectivity index (χ2v) is 4.89. The summed E-state index contributed by atoms with van der Waals surface area (Å²) >= 11 is 0. The van der Waals surface area contributed by atoms with Crippen LogP contribution >= 0.6 is 0 Å². The molecule has 0 heterocycles. The van der Waals surface area contributed by atoms with Gasteiger partial charge in [0, 0.05) is 0 Å². The lowest BCUT2D eigenvalue weighted by Gasteiger charge is -2.12. The quantitative estimate of drug-likeness (QED) is 0.477. The number of hydrogen-bond acceptors (Lipinski definition) is 2. The van der Waals surface area contributed by atoms with Crippen LogP contribution in [0.1, 0.15) is 15.9 Å². The van der Waals surface area contributed by atoms with Crippen LogP contribution < -0.4 is 0 Å². The van der Waals surface area contributed by atoms with Crippen LogP contribution in [0, 0.1) is 0 Å². The molecule has 3 aromatic carbocycles. The summed E-state index contributed by atoms with van der Waals surface area (Å²) in [6, 6.07) is 12.2. The molecular weight excluding hydrogens is 293 g/mol. The number of benzene rings is 3. The average Bonchev–Trinajstić information content (AvgIpc) is 2.52. The molecule has 0 bridgehead atoms. The van der Waals surface area contributed by atoms with Gasteiger partial charge in [-0.05, 0) is 39.7 Å². The molecular formula is C17H11F3O2. The van der Waals surface area contributed by atoms with Crippen molar-refractivity contribution in [2.45, 2.75) is 6.18 Å². The minimum atomic E-state index is -4.47. The number of rotatable bonds is 1. The summed E-state index contributed by atoms with van der Waals surface area (Å²) in [5, 5.41) is 2.39. The predicted octanol–water partition coefficient (Wildman–Crippen LogP) is 4.80. The number of ether oxygens (including phenoxy) is 1. The van der Waals surface area contributed by atoms with Crippen LogP contribution in [0.25, 0.3) is 21.5 Å². The Labute approximate surface area is 124 Å². The van der Waals surface area contributed by atoms with E-state index in [4.69, 9.17) is 4.74 Å². The number of alkyl halides is 3. The Morgan fingerprint density at radius 2 is 1.68 bits per heavy atom. The summed E-state index contributed by atoms with van der Waals surface area (Å²) < 4.78 is 43.5. The van der Waals surface area contributed by atoms with Gasteiger partial charge in [0.05, 0.1) is 18.2 Å². The molecule has 0 unspecified atom stereocenters. The van der Waals surface area contributed by atoms with Gasteiger partial charge in [0.2, 0.25) is 0 Å². The third-order valence-corrected chi connectivity index (χ3v) is 3.59. The molecule has 0 spiro atoms. The predicted molar refractivity (Wildman–Crippen MR) is 77.8 cm³/mol. The zero-order valence-corrected chi connectivity index (χ0v) is 11.6. The van der Waals surface area contributed by atoms with E-state index in [1.165, 1.54) is 13.2 Å². The van der Waals surface area contributed by atoms with Gasteiger partial charge in [-0.15, -0.1) is 0 Å². The summed E-state index contributed by atoms with van der Waals surface area (Å²) in [5.41, 5.74) is -0.664. The van der Waals surface area contributed by atoms with Gasteiger partial charge in [0.25, 0.3) is 0 Å². The molecule has 5 heteroatoms. The average molecular weight is 304 g/mol. The van der Waals surface area contributed by atoms with E-state index in [2.05, 4.69) is 0 Å². The Balaban J connectivity index is 2.44. The van der Waals surface area contributed by atoms with E-state index in [0.29, 0.717) is 5.39 Å². The Morgan fingerprint density at radius 3 is 2.36 bits per heavy atom. The molecule has 0 atom stereocenters. The van der Waals surface area contributed by atoms with Gasteiger partial charge < -0.3 is 4.74 Å². The van der Waals surface area contributed by atoms with Gasteiger partial charge in [-0.1, -0.05) is 30.3 Å². The van der Waals surface area contributed by atoms with Gasteiger partial charge in [-0.3, -0.25) is 0 Å². The minimum absolute atomic E-state index is 0.127. The van der Waals surface area contributed by atoms with Crippen LogP contribution in [0.4, 0.5) is 13.2 Å². The normalized spacial score (nSPS) is 11.8. The van der Waals surface area contributed by atoms with Crippen LogP contribution in [-0.2, 0) is 10.9 Å². The van der Waals surface area contributed by atoms with E-state index in [1.807, 2.05) is 6.07 Å². The van der Waals surface area contributed by atoms with Gasteiger partial charge in [-0.25, -0.2) is 4.79 Å². The molecule has 0 saturated heterocycles. The maximum Gasteiger partial charge on any atom is 0.416 e. The van der Waals surface area contributed by atoms with E-state index >= 15 is 0 Å². The summed E-state index contributed by atoms with van der Waals surface area (Å²) in [6.07, 6.45) is -4.47. The van der Waals surface area contributed by atoms with Gasteiger partial charge >= 0.3 is 12.1 Å². The van der Waals surface area contributed by atoms with Crippen LogP contribution in [0.3, 0.4) is 0 Å². The van der Waals surface area contributed by atoms with E-state index in [-0.39, 0.29) is 10.9 Å². The molecule has 0 amide bonds. The first-order chi connectivity index (χ1) is 10.4. The van der Waals surface area contributed by atoms with Gasteiger partial charge in [0.15, 0.2) is 0 Å². The van der Waals surface area contributed by atoms with Gasteiger partial charge in [0.1, 0.15) is 0 Å². The largest absolute Gasteiger partial charge is 0.465 e. The van der Waals surface area contributed by atoms with Gasteiger partial charge in [-0.2, -0.15) is 13.2 Å². The van der Waals surface area contributed by atoms with Crippen molar-refractivity contribution < 1.29 is 22.7 Å². The number of methoxy groups -OCH3 is 1. The first kappa shape index (κ1) is 14.4. The van der Waals surface area contributed by atoms with E-state index in [0.717, 1.165) is 22.9 Å². The van der Waals surface area contributed by atoms with E-state index < -0.39 is 17.7 Å². The van der Waals surface area contributed by atoms with Crippen LogP contribution in [0.5, 0.6) is 0 Å². The van der Waals surface area contributed by atoms with E-state index in [9.17, 15) is 18.0 Å². The van der Waals surface area contributed by atoms with Crippen molar-refractivity contribution in [3.05, 3.63) is 59.7 Å². The maximum absolute atomic E-state index is 12.9. The molecule has 0 aliphatic heterocycles. The maximum atomic E-state index is 12.9. The SMILES string of the molecule is COC(=O)c1cc2ccccc2c2ccc(C(F)(F)F)cc12. The third-order valence-electron chi connectivity index (χ3n) is 3.59.